The Labute approximate surface area is 219 Å². The summed E-state index contributed by atoms with van der Waals surface area (Å²) in [7, 11) is 1.72. The van der Waals surface area contributed by atoms with Crippen molar-refractivity contribution in [2.45, 2.75) is 33.2 Å². The van der Waals surface area contributed by atoms with Gasteiger partial charge >= 0.3 is 5.97 Å². The van der Waals surface area contributed by atoms with Crippen molar-refractivity contribution in [2.24, 2.45) is 5.92 Å². The monoisotopic (exact) mass is 519 g/mol. The largest absolute Gasteiger partial charge is 0.466 e. The number of carbonyl (C=O) groups excluding carboxylic acids is 2. The molecular weight excluding hydrogens is 490 g/mol. The number of aromatic nitrogens is 3. The van der Waals surface area contributed by atoms with Gasteiger partial charge in [-0.25, -0.2) is 9.61 Å². The number of piperidine rings is 1. The second kappa shape index (κ2) is 10.7. The van der Waals surface area contributed by atoms with Crippen LogP contribution < -0.4 is 4.90 Å². The number of pyridine rings is 1. The molecule has 0 N–H and O–H groups in total. The highest BCUT2D eigenvalue weighted by Gasteiger charge is 2.31. The number of hydrogen-bond acceptors (Lipinski definition) is 9. The molecule has 0 unspecified atom stereocenters. The fraction of sp³-hybridized carbons (Fsp3) is 0.370. The number of amides is 1. The molecule has 1 amide bonds. The van der Waals surface area contributed by atoms with Crippen molar-refractivity contribution in [3.05, 3.63) is 58.7 Å². The lowest BCUT2D eigenvalue weighted by Crippen LogP contribution is -2.41. The van der Waals surface area contributed by atoms with E-state index in [-0.39, 0.29) is 24.3 Å². The van der Waals surface area contributed by atoms with Gasteiger partial charge in [0.15, 0.2) is 0 Å². The molecule has 1 saturated heterocycles. The van der Waals surface area contributed by atoms with Gasteiger partial charge in [0, 0.05) is 41.2 Å². The second-order valence-electron chi connectivity index (χ2n) is 9.21. The number of benzene rings is 1. The molecule has 5 rings (SSSR count). The van der Waals surface area contributed by atoms with Crippen LogP contribution in [-0.2, 0) is 16.1 Å². The number of nitrogens with zero attached hydrogens (tertiary/aromatic N) is 5. The van der Waals surface area contributed by atoms with Gasteiger partial charge in [0.1, 0.15) is 17.2 Å². The van der Waals surface area contributed by atoms with Crippen molar-refractivity contribution in [3.8, 4) is 11.3 Å². The zero-order valence-electron chi connectivity index (χ0n) is 21.1. The third-order valence-corrected chi connectivity index (χ3v) is 7.65. The molecule has 1 aromatic carbocycles. The van der Waals surface area contributed by atoms with E-state index >= 15 is 0 Å². The van der Waals surface area contributed by atoms with Gasteiger partial charge in [-0.15, -0.1) is 11.3 Å². The molecule has 1 fully saturated rings. The number of aryl methyl sites for hydroxylation is 1. The molecule has 0 spiro atoms. The number of ether oxygens (including phenoxy) is 1. The molecule has 4 heterocycles. The minimum atomic E-state index is -0.259. The standard InChI is InChI=1S/C27H29N5O4S/c1-4-35-27(34)18-8-7-13-32(14-18)25-20(26(33)31(3)15-23-17(2)29-36-30-23)11-12-22(28-25)21-16-37-24-10-6-5-9-19(21)24/h5-6,9-12,16,18H,4,7-8,13-15H2,1-3H3/t18-/m0/s1. The van der Waals surface area contributed by atoms with Gasteiger partial charge in [-0.2, -0.15) is 0 Å². The summed E-state index contributed by atoms with van der Waals surface area (Å²) in [6.07, 6.45) is 1.57. The van der Waals surface area contributed by atoms with Crippen LogP contribution in [0.2, 0.25) is 0 Å². The first-order chi connectivity index (χ1) is 18.0. The van der Waals surface area contributed by atoms with Crippen LogP contribution in [0.15, 0.2) is 46.4 Å². The zero-order chi connectivity index (χ0) is 25.9. The molecule has 0 aliphatic carbocycles. The zero-order valence-corrected chi connectivity index (χ0v) is 22.0. The first-order valence-electron chi connectivity index (χ1n) is 12.4. The molecule has 1 aliphatic rings. The Bertz CT molecular complexity index is 1430. The maximum atomic E-state index is 13.7. The maximum Gasteiger partial charge on any atom is 0.310 e. The summed E-state index contributed by atoms with van der Waals surface area (Å²) in [5, 5.41) is 10.9. The fourth-order valence-corrected chi connectivity index (χ4v) is 5.65. The quantitative estimate of drug-likeness (QED) is 0.324. The van der Waals surface area contributed by atoms with Crippen LogP contribution >= 0.6 is 11.3 Å². The highest BCUT2D eigenvalue weighted by molar-refractivity contribution is 7.17. The topological polar surface area (TPSA) is 102 Å². The van der Waals surface area contributed by atoms with Gasteiger partial charge in [-0.1, -0.05) is 28.5 Å². The van der Waals surface area contributed by atoms with Crippen LogP contribution in [0, 0.1) is 12.8 Å². The fourth-order valence-electron chi connectivity index (χ4n) is 4.70. The van der Waals surface area contributed by atoms with E-state index < -0.39 is 0 Å². The van der Waals surface area contributed by atoms with Gasteiger partial charge in [-0.3, -0.25) is 9.59 Å². The molecule has 9 nitrogen and oxygen atoms in total. The summed E-state index contributed by atoms with van der Waals surface area (Å²) in [6, 6.07) is 11.9. The van der Waals surface area contributed by atoms with Crippen LogP contribution in [0.4, 0.5) is 5.82 Å². The van der Waals surface area contributed by atoms with Gasteiger partial charge < -0.3 is 14.5 Å². The first kappa shape index (κ1) is 24.9. The number of thiophene rings is 1. The second-order valence-corrected chi connectivity index (χ2v) is 10.1. The summed E-state index contributed by atoms with van der Waals surface area (Å²) >= 11 is 1.67. The molecule has 0 bridgehead atoms. The molecule has 10 heteroatoms. The Morgan fingerprint density at radius 3 is 2.84 bits per heavy atom. The van der Waals surface area contributed by atoms with E-state index in [1.54, 1.807) is 30.2 Å². The average molecular weight is 520 g/mol. The van der Waals surface area contributed by atoms with E-state index in [0.29, 0.717) is 42.5 Å². The molecule has 4 aromatic rings. The first-order valence-corrected chi connectivity index (χ1v) is 13.3. The summed E-state index contributed by atoms with van der Waals surface area (Å²) in [5.41, 5.74) is 3.54. The third-order valence-electron chi connectivity index (χ3n) is 6.68. The number of rotatable bonds is 7. The Balaban J connectivity index is 1.52. The minimum Gasteiger partial charge on any atom is -0.466 e. The van der Waals surface area contributed by atoms with Crippen LogP contribution in [0.5, 0.6) is 0 Å². The molecule has 192 valence electrons. The van der Waals surface area contributed by atoms with Gasteiger partial charge in [0.25, 0.3) is 5.91 Å². The predicted molar refractivity (Wildman–Crippen MR) is 141 cm³/mol. The van der Waals surface area contributed by atoms with E-state index in [4.69, 9.17) is 14.3 Å². The molecular formula is C27H29N5O4S. The summed E-state index contributed by atoms with van der Waals surface area (Å²) < 4.78 is 11.3. The highest BCUT2D eigenvalue weighted by Crippen LogP contribution is 2.35. The molecule has 3 aromatic heterocycles. The van der Waals surface area contributed by atoms with Crippen molar-refractivity contribution < 1.29 is 19.0 Å². The summed E-state index contributed by atoms with van der Waals surface area (Å²) in [5.74, 6) is -0.0737. The van der Waals surface area contributed by atoms with E-state index in [9.17, 15) is 9.59 Å². The molecule has 0 saturated carbocycles. The maximum absolute atomic E-state index is 13.7. The van der Waals surface area contributed by atoms with Crippen molar-refractivity contribution in [3.63, 3.8) is 0 Å². The number of carbonyl (C=O) groups is 2. The number of esters is 1. The Morgan fingerprint density at radius 1 is 1.22 bits per heavy atom. The molecule has 0 radical (unpaired) electrons. The van der Waals surface area contributed by atoms with Crippen LogP contribution in [0.1, 0.15) is 41.5 Å². The molecule has 37 heavy (non-hydrogen) atoms. The molecule has 1 atom stereocenters. The number of fused-ring (bicyclic) bond motifs is 1. The van der Waals surface area contributed by atoms with Crippen molar-refractivity contribution >= 4 is 39.1 Å². The number of hydrogen-bond donors (Lipinski definition) is 0. The van der Waals surface area contributed by atoms with Gasteiger partial charge in [-0.05, 0) is 44.9 Å². The molecule has 1 aliphatic heterocycles. The Kier molecular flexibility index (Phi) is 7.18. The SMILES string of the molecule is CCOC(=O)[C@H]1CCCN(c2nc(-c3csc4ccccc34)ccc2C(=O)N(C)Cc2nonc2C)C1. The van der Waals surface area contributed by atoms with Crippen LogP contribution in [-0.4, -0.2) is 58.8 Å². The van der Waals surface area contributed by atoms with Crippen molar-refractivity contribution in [1.29, 1.82) is 0 Å². The van der Waals surface area contributed by atoms with E-state index in [0.717, 1.165) is 29.5 Å². The Morgan fingerprint density at radius 2 is 2.05 bits per heavy atom. The van der Waals surface area contributed by atoms with Crippen molar-refractivity contribution in [2.75, 3.05) is 31.6 Å². The van der Waals surface area contributed by atoms with Gasteiger partial charge in [0.2, 0.25) is 0 Å². The smallest absolute Gasteiger partial charge is 0.310 e. The highest BCUT2D eigenvalue weighted by atomic mass is 32.1. The third kappa shape index (κ3) is 5.06. The summed E-state index contributed by atoms with van der Waals surface area (Å²) in [6.45, 7) is 5.37. The normalized spacial score (nSPS) is 15.6. The Hall–Kier alpha value is -3.79. The average Bonchev–Trinajstić information content (AvgIpc) is 3.54. The van der Waals surface area contributed by atoms with Crippen molar-refractivity contribution in [1.82, 2.24) is 20.2 Å². The van der Waals surface area contributed by atoms with Crippen LogP contribution in [0.3, 0.4) is 0 Å². The number of anilines is 1. The van der Waals surface area contributed by atoms with E-state index in [1.165, 1.54) is 4.70 Å². The lowest BCUT2D eigenvalue weighted by molar-refractivity contribution is -0.148. The minimum absolute atomic E-state index is 0.190. The van der Waals surface area contributed by atoms with Crippen LogP contribution in [0.25, 0.3) is 21.3 Å². The van der Waals surface area contributed by atoms with E-state index in [2.05, 4.69) is 27.8 Å². The lowest BCUT2D eigenvalue weighted by atomic mass is 9.97. The predicted octanol–water partition coefficient (Wildman–Crippen LogP) is 4.71. The van der Waals surface area contributed by atoms with Gasteiger partial charge in [0.05, 0.1) is 30.3 Å². The summed E-state index contributed by atoms with van der Waals surface area (Å²) in [4.78, 5) is 34.9. The lowest BCUT2D eigenvalue weighted by Gasteiger charge is -2.34. The van der Waals surface area contributed by atoms with E-state index in [1.807, 2.05) is 36.1 Å².